The highest BCUT2D eigenvalue weighted by Crippen LogP contribution is 2.40. The molecule has 0 aliphatic rings. The van der Waals surface area contributed by atoms with E-state index in [1.807, 2.05) is 23.0 Å². The van der Waals surface area contributed by atoms with Crippen molar-refractivity contribution in [1.82, 2.24) is 19.1 Å². The topological polar surface area (TPSA) is 222 Å². The zero-order valence-corrected chi connectivity index (χ0v) is 42.3. The second kappa shape index (κ2) is 22.3. The first kappa shape index (κ1) is 52.1. The second-order valence-electron chi connectivity index (χ2n) is 18.1. The Morgan fingerprint density at radius 3 is 1.40 bits per heavy atom. The summed E-state index contributed by atoms with van der Waals surface area (Å²) in [6, 6.07) is 17.2. The Labute approximate surface area is 399 Å². The van der Waals surface area contributed by atoms with Gasteiger partial charge in [-0.3, -0.25) is 29.8 Å². The number of halogens is 2. The summed E-state index contributed by atoms with van der Waals surface area (Å²) in [5.41, 5.74) is 2.88. The third kappa shape index (κ3) is 14.5. The average Bonchev–Trinajstić information content (AvgIpc) is 3.71. The summed E-state index contributed by atoms with van der Waals surface area (Å²) < 4.78 is 31.8. The molecule has 67 heavy (non-hydrogen) atoms. The molecular weight excluding hydrogens is 944 g/mol. The fraction of sp³-hybridized carbons (Fsp3) is 0.378. The second-order valence-corrected chi connectivity index (χ2v) is 30.1. The number of imidazole rings is 2. The van der Waals surface area contributed by atoms with E-state index in [4.69, 9.17) is 47.3 Å². The third-order valence-electron chi connectivity index (χ3n) is 10.2. The lowest BCUT2D eigenvalue weighted by molar-refractivity contribution is -0.385. The first-order valence-electron chi connectivity index (χ1n) is 21.1. The molecule has 358 valence electrons. The van der Waals surface area contributed by atoms with Crippen LogP contribution in [0.3, 0.4) is 0 Å². The number of benzene rings is 4. The number of carboxylic acid groups (broad SMARTS) is 1. The van der Waals surface area contributed by atoms with Gasteiger partial charge < -0.3 is 37.9 Å². The summed E-state index contributed by atoms with van der Waals surface area (Å²) in [7, 11) is -1.14. The van der Waals surface area contributed by atoms with Gasteiger partial charge in [-0.2, -0.15) is 0 Å². The highest BCUT2D eigenvalue weighted by Gasteiger charge is 2.24. The molecule has 0 fully saturated rings. The van der Waals surface area contributed by atoms with Gasteiger partial charge in [-0.25, -0.2) is 9.97 Å². The molecule has 1 N–H and O–H groups in total. The quantitative estimate of drug-likeness (QED) is 0.0247. The molecule has 6 rings (SSSR count). The highest BCUT2D eigenvalue weighted by molar-refractivity contribution is 6.76. The van der Waals surface area contributed by atoms with E-state index in [2.05, 4.69) is 54.0 Å². The van der Waals surface area contributed by atoms with E-state index in [-0.39, 0.29) is 70.7 Å². The summed E-state index contributed by atoms with van der Waals surface area (Å²) >= 11 is 12.6. The molecule has 2 heterocycles. The van der Waals surface area contributed by atoms with Crippen LogP contribution in [-0.2, 0) is 50.1 Å². The first-order chi connectivity index (χ1) is 31.4. The number of methoxy groups -OCH3 is 1. The van der Waals surface area contributed by atoms with Gasteiger partial charge in [0.25, 0.3) is 0 Å². The van der Waals surface area contributed by atoms with Gasteiger partial charge in [0.05, 0.1) is 61.9 Å². The summed E-state index contributed by atoms with van der Waals surface area (Å²) in [5, 5.41) is 32.7. The summed E-state index contributed by atoms with van der Waals surface area (Å²) in [6.45, 7) is 19.1. The Balaban J connectivity index is 0.000000251. The predicted molar refractivity (Wildman–Crippen MR) is 261 cm³/mol. The molecule has 2 aromatic heterocycles. The van der Waals surface area contributed by atoms with Crippen molar-refractivity contribution in [1.29, 1.82) is 0 Å². The van der Waals surface area contributed by atoms with Crippen LogP contribution < -0.4 is 9.47 Å². The van der Waals surface area contributed by atoms with Crippen LogP contribution in [0.2, 0.25) is 61.4 Å². The van der Waals surface area contributed by atoms with E-state index in [0.717, 1.165) is 12.1 Å². The number of esters is 1. The number of ether oxygens (including phenoxy) is 5. The predicted octanol–water partition coefficient (Wildman–Crippen LogP) is 11.4. The summed E-state index contributed by atoms with van der Waals surface area (Å²) in [4.78, 5) is 53.7. The van der Waals surface area contributed by atoms with Gasteiger partial charge in [-0.15, -0.1) is 0 Å². The van der Waals surface area contributed by atoms with Crippen molar-refractivity contribution in [2.75, 3.05) is 20.3 Å². The van der Waals surface area contributed by atoms with E-state index in [1.54, 1.807) is 36.4 Å². The van der Waals surface area contributed by atoms with Crippen molar-refractivity contribution < 1.29 is 48.2 Å². The van der Waals surface area contributed by atoms with Gasteiger partial charge in [0.15, 0.2) is 0 Å². The molecule has 0 amide bonds. The van der Waals surface area contributed by atoms with Crippen LogP contribution in [0, 0.1) is 34.1 Å². The molecule has 0 aliphatic heterocycles. The number of hydrogen-bond acceptors (Lipinski definition) is 13. The van der Waals surface area contributed by atoms with Crippen molar-refractivity contribution in [2.45, 2.75) is 91.5 Å². The summed E-state index contributed by atoms with van der Waals surface area (Å²) in [6.07, 6.45) is -0.138. The third-order valence-corrected chi connectivity index (χ3v) is 14.2. The number of carbonyl (C=O) groups excluding carboxylic acids is 1. The molecule has 0 saturated carbocycles. The molecule has 0 radical (unpaired) electrons. The Kier molecular flexibility index (Phi) is 17.3. The SMILES string of the molecule is COC(=O)Cc1ccc(Oc2cc3c(cc2[N+](=O)[O-])nc(C)n3COCC[Si](C)(C)C)c(Cl)c1.Cc1nc2cc([N+](=O)[O-])c(Oc3ccc(CC(=O)O)cc3Cl)cc2n1COCC[Si](C)(C)C. The number of hydrogen-bond donors (Lipinski definition) is 1. The Morgan fingerprint density at radius 2 is 1.06 bits per heavy atom. The zero-order chi connectivity index (χ0) is 49.4. The van der Waals surface area contributed by atoms with E-state index < -0.39 is 37.9 Å². The van der Waals surface area contributed by atoms with Crippen LogP contribution in [0.25, 0.3) is 22.1 Å². The molecule has 0 aliphatic carbocycles. The van der Waals surface area contributed by atoms with Crippen LogP contribution >= 0.6 is 23.2 Å². The molecular formula is C45H54Cl2N6O12Si2. The molecule has 18 nitrogen and oxygen atoms in total. The molecule has 0 bridgehead atoms. The zero-order valence-electron chi connectivity index (χ0n) is 38.8. The minimum Gasteiger partial charge on any atom is -0.481 e. The molecule has 0 atom stereocenters. The Bertz CT molecular complexity index is 2800. The van der Waals surface area contributed by atoms with Crippen LogP contribution in [0.4, 0.5) is 11.4 Å². The molecule has 4 aromatic carbocycles. The number of carbonyl (C=O) groups is 2. The number of nitro groups is 2. The maximum Gasteiger partial charge on any atom is 0.313 e. The monoisotopic (exact) mass is 996 g/mol. The number of nitrogens with zero attached hydrogens (tertiary/aromatic N) is 6. The maximum atomic E-state index is 11.7. The van der Waals surface area contributed by atoms with Crippen molar-refractivity contribution in [3.63, 3.8) is 0 Å². The average molecular weight is 998 g/mol. The number of fused-ring (bicyclic) bond motifs is 2. The molecule has 0 spiro atoms. The van der Waals surface area contributed by atoms with Gasteiger partial charge >= 0.3 is 23.3 Å². The lowest BCUT2D eigenvalue weighted by Gasteiger charge is -2.16. The molecule has 0 saturated heterocycles. The Morgan fingerprint density at radius 1 is 0.657 bits per heavy atom. The van der Waals surface area contributed by atoms with Crippen LogP contribution in [0.1, 0.15) is 22.8 Å². The largest absolute Gasteiger partial charge is 0.481 e. The fourth-order valence-corrected chi connectivity index (χ4v) is 8.49. The normalized spacial score (nSPS) is 11.6. The van der Waals surface area contributed by atoms with Gasteiger partial charge in [0, 0.05) is 53.6 Å². The fourth-order valence-electron chi connectivity index (χ4n) is 6.49. The first-order valence-corrected chi connectivity index (χ1v) is 29.3. The number of carboxylic acids is 1. The van der Waals surface area contributed by atoms with E-state index in [0.29, 0.717) is 58.1 Å². The lowest BCUT2D eigenvalue weighted by Crippen LogP contribution is -2.22. The Hall–Kier alpha value is -5.91. The van der Waals surface area contributed by atoms with Crippen molar-refractivity contribution >= 4 is 84.7 Å². The number of aliphatic carboxylic acids is 1. The van der Waals surface area contributed by atoms with E-state index in [1.165, 1.54) is 31.4 Å². The number of aromatic nitrogens is 4. The lowest BCUT2D eigenvalue weighted by atomic mass is 10.1. The maximum absolute atomic E-state index is 11.7. The van der Waals surface area contributed by atoms with Crippen LogP contribution in [0.15, 0.2) is 60.7 Å². The van der Waals surface area contributed by atoms with Gasteiger partial charge in [0.2, 0.25) is 11.5 Å². The standard InChI is InChI=1S/C23H28ClN3O6Si.C22H26ClN3O6Si/c1-15-25-18-12-20(27(29)30)22(13-19(18)26(15)14-32-8-9-34(3,4)5)33-21-7-6-16(10-17(21)24)11-23(28)31-2;1-14-24-17-11-19(26(29)30)21(12-18(17)25(14)13-31-7-8-33(2,3)4)32-20-6-5-15(9-16(20)23)10-22(27)28/h6-7,10,12-13H,8-9,11,14H2,1-5H3;5-6,9,11-12H,7-8,10,13H2,1-4H3,(H,27,28). The van der Waals surface area contributed by atoms with Crippen LogP contribution in [0.5, 0.6) is 23.0 Å². The van der Waals surface area contributed by atoms with E-state index >= 15 is 0 Å². The minimum absolute atomic E-state index is 0.00336. The minimum atomic E-state index is -1.23. The molecule has 22 heteroatoms. The van der Waals surface area contributed by atoms with Crippen molar-refractivity contribution in [3.8, 4) is 23.0 Å². The van der Waals surface area contributed by atoms with Gasteiger partial charge in [0.1, 0.15) is 36.6 Å². The van der Waals surface area contributed by atoms with Crippen molar-refractivity contribution in [2.24, 2.45) is 0 Å². The van der Waals surface area contributed by atoms with E-state index in [9.17, 15) is 29.8 Å². The molecule has 6 aromatic rings. The van der Waals surface area contributed by atoms with Gasteiger partial charge in [-0.1, -0.05) is 74.6 Å². The number of rotatable bonds is 20. The number of nitro benzene ring substituents is 2. The number of aryl methyl sites for hydroxylation is 2. The van der Waals surface area contributed by atoms with Crippen LogP contribution in [-0.4, -0.2) is 82.5 Å². The van der Waals surface area contributed by atoms with Crippen molar-refractivity contribution in [3.05, 3.63) is 114 Å². The smallest absolute Gasteiger partial charge is 0.313 e. The molecule has 0 unspecified atom stereocenters. The van der Waals surface area contributed by atoms with Gasteiger partial charge in [-0.05, 0) is 61.3 Å². The highest BCUT2D eigenvalue weighted by atomic mass is 35.5. The summed E-state index contributed by atoms with van der Waals surface area (Å²) in [5.74, 6) is 0.402.